The summed E-state index contributed by atoms with van der Waals surface area (Å²) in [5.41, 5.74) is 0. The second-order valence-corrected chi connectivity index (χ2v) is 3.04. The third-order valence-corrected chi connectivity index (χ3v) is 1.94. The number of nitro groups is 1. The van der Waals surface area contributed by atoms with Crippen LogP contribution in [0.1, 0.15) is 11.7 Å². The molecule has 0 saturated heterocycles. The molecule has 1 rings (SSSR count). The fourth-order valence-electron chi connectivity index (χ4n) is 0.811. The number of carbonyl (C=O) groups is 1. The average Bonchev–Trinajstić information content (AvgIpc) is 2.48. The van der Waals surface area contributed by atoms with Crippen LogP contribution in [0.15, 0.2) is 23.1 Å². The van der Waals surface area contributed by atoms with E-state index >= 15 is 0 Å². The highest BCUT2D eigenvalue weighted by Gasteiger charge is 2.19. The zero-order chi connectivity index (χ0) is 10.7. The van der Waals surface area contributed by atoms with Gasteiger partial charge >= 0.3 is 5.82 Å². The van der Waals surface area contributed by atoms with Crippen LogP contribution in [0, 0.1) is 10.1 Å². The molecule has 0 saturated carbocycles. The zero-order valence-electron chi connectivity index (χ0n) is 7.18. The maximum absolute atomic E-state index is 11.3. The lowest BCUT2D eigenvalue weighted by Crippen LogP contribution is -2.05. The van der Waals surface area contributed by atoms with Gasteiger partial charge in [0.1, 0.15) is 6.20 Å². The highest BCUT2D eigenvalue weighted by atomic mass is 79.9. The van der Waals surface area contributed by atoms with Gasteiger partial charge in [-0.1, -0.05) is 6.08 Å². The van der Waals surface area contributed by atoms with E-state index in [1.807, 2.05) is 0 Å². The third kappa shape index (κ3) is 2.05. The molecule has 7 heteroatoms. The molecule has 1 heterocycles. The Bertz CT molecular complexity index is 410. The number of allylic oxidation sites excluding steroid dienone is 2. The number of halogens is 1. The van der Waals surface area contributed by atoms with Gasteiger partial charge in [-0.2, -0.15) is 0 Å². The van der Waals surface area contributed by atoms with Gasteiger partial charge in [0.25, 0.3) is 10.6 Å². The SMILES string of the molecule is C/C=C/C(=O)n1cc([N+](=O)[O-])nc1Br. The topological polar surface area (TPSA) is 78.0 Å². The second kappa shape index (κ2) is 4.14. The van der Waals surface area contributed by atoms with Crippen molar-refractivity contribution in [3.8, 4) is 0 Å². The Labute approximate surface area is 87.5 Å². The van der Waals surface area contributed by atoms with Crippen molar-refractivity contribution in [3.05, 3.63) is 33.2 Å². The van der Waals surface area contributed by atoms with Gasteiger partial charge in [-0.15, -0.1) is 0 Å². The first-order chi connectivity index (χ1) is 6.56. The molecular weight excluding hydrogens is 254 g/mol. The van der Waals surface area contributed by atoms with Crippen molar-refractivity contribution in [2.45, 2.75) is 6.92 Å². The maximum Gasteiger partial charge on any atom is 0.383 e. The summed E-state index contributed by atoms with van der Waals surface area (Å²) in [6.07, 6.45) is 3.89. The first kappa shape index (κ1) is 10.6. The van der Waals surface area contributed by atoms with Gasteiger partial charge in [0.05, 0.1) is 0 Å². The molecular formula is C7H6BrN3O3. The van der Waals surface area contributed by atoms with Gasteiger partial charge < -0.3 is 10.1 Å². The molecule has 0 aliphatic carbocycles. The van der Waals surface area contributed by atoms with Gasteiger partial charge in [-0.05, 0) is 22.9 Å². The van der Waals surface area contributed by atoms with Crippen LogP contribution in [0.25, 0.3) is 0 Å². The van der Waals surface area contributed by atoms with E-state index < -0.39 is 4.92 Å². The molecule has 1 aromatic rings. The predicted molar refractivity (Wildman–Crippen MR) is 52.0 cm³/mol. The first-order valence-electron chi connectivity index (χ1n) is 3.62. The minimum absolute atomic E-state index is 0.118. The molecule has 6 nitrogen and oxygen atoms in total. The molecule has 0 aliphatic rings. The van der Waals surface area contributed by atoms with E-state index in [9.17, 15) is 14.9 Å². The maximum atomic E-state index is 11.3. The Balaban J connectivity index is 3.10. The van der Waals surface area contributed by atoms with Crippen LogP contribution in [0.5, 0.6) is 0 Å². The van der Waals surface area contributed by atoms with Crippen molar-refractivity contribution in [2.24, 2.45) is 0 Å². The van der Waals surface area contributed by atoms with Crippen molar-refractivity contribution in [1.29, 1.82) is 0 Å². The molecule has 0 radical (unpaired) electrons. The lowest BCUT2D eigenvalue weighted by Gasteiger charge is -1.91. The molecule has 0 spiro atoms. The first-order valence-corrected chi connectivity index (χ1v) is 4.42. The Kier molecular flexibility index (Phi) is 3.13. The Morgan fingerprint density at radius 2 is 2.43 bits per heavy atom. The number of nitrogens with zero attached hydrogens (tertiary/aromatic N) is 3. The van der Waals surface area contributed by atoms with Crippen LogP contribution in [0.3, 0.4) is 0 Å². The third-order valence-electron chi connectivity index (χ3n) is 1.38. The van der Waals surface area contributed by atoms with E-state index in [4.69, 9.17) is 0 Å². The van der Waals surface area contributed by atoms with Crippen LogP contribution in [0.4, 0.5) is 5.82 Å². The van der Waals surface area contributed by atoms with Crippen LogP contribution in [-0.4, -0.2) is 20.4 Å². The van der Waals surface area contributed by atoms with Crippen molar-refractivity contribution < 1.29 is 9.72 Å². The molecule has 0 fully saturated rings. The Morgan fingerprint density at radius 1 is 1.79 bits per heavy atom. The van der Waals surface area contributed by atoms with Crippen LogP contribution in [-0.2, 0) is 0 Å². The lowest BCUT2D eigenvalue weighted by atomic mass is 10.5. The molecule has 14 heavy (non-hydrogen) atoms. The van der Waals surface area contributed by atoms with Gasteiger partial charge in [0.2, 0.25) is 0 Å². The van der Waals surface area contributed by atoms with Gasteiger partial charge in [0.15, 0.2) is 0 Å². The van der Waals surface area contributed by atoms with Crippen molar-refractivity contribution in [3.63, 3.8) is 0 Å². The molecule has 0 atom stereocenters. The zero-order valence-corrected chi connectivity index (χ0v) is 8.76. The van der Waals surface area contributed by atoms with E-state index in [1.54, 1.807) is 13.0 Å². The van der Waals surface area contributed by atoms with Gasteiger partial charge in [0, 0.05) is 15.9 Å². The smallest absolute Gasteiger partial charge is 0.358 e. The number of hydrogen-bond donors (Lipinski definition) is 0. The van der Waals surface area contributed by atoms with Crippen LogP contribution in [0.2, 0.25) is 0 Å². The van der Waals surface area contributed by atoms with Crippen molar-refractivity contribution in [1.82, 2.24) is 9.55 Å². The molecule has 0 aromatic carbocycles. The number of carbonyl (C=O) groups excluding carboxylic acids is 1. The molecule has 0 bridgehead atoms. The summed E-state index contributed by atoms with van der Waals surface area (Å²) in [7, 11) is 0. The van der Waals surface area contributed by atoms with E-state index in [0.717, 1.165) is 10.8 Å². The lowest BCUT2D eigenvalue weighted by molar-refractivity contribution is -0.389. The fourth-order valence-corrected chi connectivity index (χ4v) is 1.27. The van der Waals surface area contributed by atoms with E-state index in [0.29, 0.717) is 0 Å². The quantitative estimate of drug-likeness (QED) is 0.461. The summed E-state index contributed by atoms with van der Waals surface area (Å²) in [6.45, 7) is 1.68. The fraction of sp³-hybridized carbons (Fsp3) is 0.143. The van der Waals surface area contributed by atoms with Gasteiger partial charge in [-0.25, -0.2) is 4.57 Å². The van der Waals surface area contributed by atoms with Crippen molar-refractivity contribution in [2.75, 3.05) is 0 Å². The molecule has 0 unspecified atom stereocenters. The second-order valence-electron chi connectivity index (χ2n) is 2.33. The monoisotopic (exact) mass is 259 g/mol. The molecule has 0 amide bonds. The van der Waals surface area contributed by atoms with Gasteiger partial charge in [-0.3, -0.25) is 4.79 Å². The average molecular weight is 260 g/mol. The highest BCUT2D eigenvalue weighted by Crippen LogP contribution is 2.15. The number of imidazole rings is 1. The van der Waals surface area contributed by atoms with E-state index in [1.165, 1.54) is 6.08 Å². The predicted octanol–water partition coefficient (Wildman–Crippen LogP) is 1.77. The normalized spacial score (nSPS) is 10.7. The largest absolute Gasteiger partial charge is 0.383 e. The summed E-state index contributed by atoms with van der Waals surface area (Å²) in [4.78, 5) is 24.5. The Morgan fingerprint density at radius 3 is 2.86 bits per heavy atom. The summed E-state index contributed by atoms with van der Waals surface area (Å²) >= 11 is 2.95. The summed E-state index contributed by atoms with van der Waals surface area (Å²) < 4.78 is 1.17. The molecule has 1 aromatic heterocycles. The highest BCUT2D eigenvalue weighted by molar-refractivity contribution is 9.10. The van der Waals surface area contributed by atoms with Crippen molar-refractivity contribution >= 4 is 27.7 Å². The Hall–Kier alpha value is -1.50. The number of rotatable bonds is 2. The van der Waals surface area contributed by atoms with E-state index in [2.05, 4.69) is 20.9 Å². The number of hydrogen-bond acceptors (Lipinski definition) is 4. The summed E-state index contributed by atoms with van der Waals surface area (Å²) in [5, 5.41) is 10.3. The molecule has 74 valence electrons. The minimum Gasteiger partial charge on any atom is -0.358 e. The molecule has 0 aliphatic heterocycles. The molecule has 0 N–H and O–H groups in total. The number of aromatic nitrogens is 2. The minimum atomic E-state index is -0.662. The van der Waals surface area contributed by atoms with E-state index in [-0.39, 0.29) is 16.5 Å². The standard InChI is InChI=1S/C7H6BrN3O3/c1-2-3-6(12)10-4-5(11(13)14)9-7(10)8/h2-4H,1H3/b3-2+. The van der Waals surface area contributed by atoms with Crippen LogP contribution >= 0.6 is 15.9 Å². The summed E-state index contributed by atoms with van der Waals surface area (Å²) in [5.74, 6) is -0.755. The summed E-state index contributed by atoms with van der Waals surface area (Å²) in [6, 6.07) is 0. The van der Waals surface area contributed by atoms with Crippen LogP contribution < -0.4 is 0 Å².